The Kier molecular flexibility index (Phi) is 9.13. The molecule has 0 bridgehead atoms. The van der Waals surface area contributed by atoms with Crippen LogP contribution in [0.4, 0.5) is 11.4 Å². The average molecular weight is 363 g/mol. The first-order valence-corrected chi connectivity index (χ1v) is 9.35. The molecule has 0 aliphatic rings. The number of hydrogen-bond donors (Lipinski definition) is 1. The van der Waals surface area contributed by atoms with Gasteiger partial charge in [-0.2, -0.15) is 0 Å². The summed E-state index contributed by atoms with van der Waals surface area (Å²) in [5, 5.41) is 2.89. The Morgan fingerprint density at radius 2 is 1.73 bits per heavy atom. The summed E-state index contributed by atoms with van der Waals surface area (Å²) in [7, 11) is 3.93. The number of carbonyl (C=O) groups excluding carboxylic acids is 2. The van der Waals surface area contributed by atoms with Gasteiger partial charge >= 0.3 is 0 Å². The van der Waals surface area contributed by atoms with E-state index in [0.717, 1.165) is 36.6 Å². The van der Waals surface area contributed by atoms with Gasteiger partial charge in [-0.05, 0) is 58.6 Å². The SMILES string of the molecule is CCN(CC)c1ccc(N(CCC(=O)NCCN(C)C)C(C)=O)c(C)c1. The largest absolute Gasteiger partial charge is 0.372 e. The molecule has 1 N–H and O–H groups in total. The molecule has 1 rings (SSSR count). The van der Waals surface area contributed by atoms with E-state index in [0.29, 0.717) is 19.5 Å². The van der Waals surface area contributed by atoms with Crippen LogP contribution in [0.2, 0.25) is 0 Å². The molecule has 1 aromatic carbocycles. The normalized spacial score (nSPS) is 10.7. The number of anilines is 2. The predicted molar refractivity (Wildman–Crippen MR) is 109 cm³/mol. The van der Waals surface area contributed by atoms with Crippen molar-refractivity contribution in [2.45, 2.75) is 34.1 Å². The Bertz CT molecular complexity index is 597. The molecule has 0 saturated heterocycles. The standard InChI is InChI=1S/C20H34N4O2/c1-7-23(8-2)18-9-10-19(16(3)15-18)24(17(4)25)13-11-20(26)21-12-14-22(5)6/h9-10,15H,7-8,11-14H2,1-6H3,(H,21,26). The molecule has 26 heavy (non-hydrogen) atoms. The highest BCUT2D eigenvalue weighted by Crippen LogP contribution is 2.26. The summed E-state index contributed by atoms with van der Waals surface area (Å²) in [4.78, 5) is 30.1. The Balaban J connectivity index is 2.78. The van der Waals surface area contributed by atoms with Gasteiger partial charge in [-0.1, -0.05) is 0 Å². The van der Waals surface area contributed by atoms with Crippen LogP contribution in [0, 0.1) is 6.92 Å². The summed E-state index contributed by atoms with van der Waals surface area (Å²) >= 11 is 0. The zero-order chi connectivity index (χ0) is 19.7. The van der Waals surface area contributed by atoms with Crippen molar-refractivity contribution >= 4 is 23.2 Å². The lowest BCUT2D eigenvalue weighted by atomic mass is 10.1. The molecule has 6 heteroatoms. The lowest BCUT2D eigenvalue weighted by molar-refractivity contribution is -0.121. The summed E-state index contributed by atoms with van der Waals surface area (Å²) < 4.78 is 0. The first-order chi connectivity index (χ1) is 12.3. The van der Waals surface area contributed by atoms with E-state index in [9.17, 15) is 9.59 Å². The van der Waals surface area contributed by atoms with Crippen LogP contribution in [0.5, 0.6) is 0 Å². The number of amides is 2. The molecule has 0 fully saturated rings. The molecule has 0 aromatic heterocycles. The van der Waals surface area contributed by atoms with Crippen LogP contribution in [0.3, 0.4) is 0 Å². The number of hydrogen-bond acceptors (Lipinski definition) is 4. The lowest BCUT2D eigenvalue weighted by Crippen LogP contribution is -2.36. The second-order valence-corrected chi connectivity index (χ2v) is 6.72. The van der Waals surface area contributed by atoms with Gasteiger partial charge in [-0.15, -0.1) is 0 Å². The van der Waals surface area contributed by atoms with Crippen LogP contribution in [0.15, 0.2) is 18.2 Å². The van der Waals surface area contributed by atoms with E-state index in [-0.39, 0.29) is 11.8 Å². The van der Waals surface area contributed by atoms with Gasteiger partial charge in [-0.25, -0.2) is 0 Å². The smallest absolute Gasteiger partial charge is 0.223 e. The van der Waals surface area contributed by atoms with E-state index >= 15 is 0 Å². The molecule has 0 aliphatic carbocycles. The van der Waals surface area contributed by atoms with Crippen LogP contribution in [0.25, 0.3) is 0 Å². The fraction of sp³-hybridized carbons (Fsp3) is 0.600. The third-order valence-corrected chi connectivity index (χ3v) is 4.42. The number of nitrogens with zero attached hydrogens (tertiary/aromatic N) is 3. The highest BCUT2D eigenvalue weighted by molar-refractivity contribution is 5.93. The quantitative estimate of drug-likeness (QED) is 0.694. The lowest BCUT2D eigenvalue weighted by Gasteiger charge is -2.26. The zero-order valence-electron chi connectivity index (χ0n) is 17.1. The van der Waals surface area contributed by atoms with Crippen LogP contribution in [-0.2, 0) is 9.59 Å². The topological polar surface area (TPSA) is 55.9 Å². The summed E-state index contributed by atoms with van der Waals surface area (Å²) in [6.07, 6.45) is 0.296. The number of rotatable bonds is 10. The summed E-state index contributed by atoms with van der Waals surface area (Å²) in [6, 6.07) is 6.13. The Morgan fingerprint density at radius 3 is 2.23 bits per heavy atom. The van der Waals surface area contributed by atoms with E-state index < -0.39 is 0 Å². The minimum absolute atomic E-state index is 0.0319. The number of likely N-dealkylation sites (N-methyl/N-ethyl adjacent to an activating group) is 1. The van der Waals surface area contributed by atoms with Crippen molar-refractivity contribution in [2.75, 3.05) is 56.6 Å². The van der Waals surface area contributed by atoms with Gasteiger partial charge in [0.05, 0.1) is 0 Å². The van der Waals surface area contributed by atoms with Gasteiger partial charge in [-0.3, -0.25) is 9.59 Å². The fourth-order valence-corrected chi connectivity index (χ4v) is 2.90. The third-order valence-electron chi connectivity index (χ3n) is 4.42. The van der Waals surface area contributed by atoms with Crippen molar-refractivity contribution in [3.63, 3.8) is 0 Å². The fourth-order valence-electron chi connectivity index (χ4n) is 2.90. The number of nitrogens with one attached hydrogen (secondary N) is 1. The highest BCUT2D eigenvalue weighted by atomic mass is 16.2. The van der Waals surface area contributed by atoms with Crippen molar-refractivity contribution in [3.8, 4) is 0 Å². The minimum atomic E-state index is -0.0511. The van der Waals surface area contributed by atoms with Crippen LogP contribution in [0.1, 0.15) is 32.8 Å². The number of carbonyl (C=O) groups is 2. The van der Waals surface area contributed by atoms with E-state index in [1.54, 1.807) is 11.8 Å². The zero-order valence-corrected chi connectivity index (χ0v) is 17.1. The summed E-state index contributed by atoms with van der Waals surface area (Å²) in [5.74, 6) is -0.0831. The molecule has 1 aromatic rings. The summed E-state index contributed by atoms with van der Waals surface area (Å²) in [6.45, 7) is 11.5. The number of aryl methyl sites for hydroxylation is 1. The van der Waals surface area contributed by atoms with Crippen molar-refractivity contribution in [3.05, 3.63) is 23.8 Å². The molecule has 0 radical (unpaired) electrons. The first-order valence-electron chi connectivity index (χ1n) is 9.35. The first kappa shape index (κ1) is 22.0. The van der Waals surface area contributed by atoms with Gasteiger partial charge in [0.15, 0.2) is 0 Å². The Morgan fingerprint density at radius 1 is 1.08 bits per heavy atom. The van der Waals surface area contributed by atoms with Gasteiger partial charge in [0.1, 0.15) is 0 Å². The molecule has 0 aliphatic heterocycles. The van der Waals surface area contributed by atoms with Gasteiger partial charge in [0.2, 0.25) is 11.8 Å². The maximum atomic E-state index is 12.1. The molecule has 0 atom stereocenters. The van der Waals surface area contributed by atoms with E-state index in [1.807, 2.05) is 38.1 Å². The van der Waals surface area contributed by atoms with Crippen LogP contribution >= 0.6 is 0 Å². The summed E-state index contributed by atoms with van der Waals surface area (Å²) in [5.41, 5.74) is 3.06. The van der Waals surface area contributed by atoms with Crippen LogP contribution < -0.4 is 15.1 Å². The molecular formula is C20H34N4O2. The Labute approximate surface area is 158 Å². The van der Waals surface area contributed by atoms with Gasteiger partial charge < -0.3 is 20.0 Å². The minimum Gasteiger partial charge on any atom is -0.372 e. The molecular weight excluding hydrogens is 328 g/mol. The van der Waals surface area contributed by atoms with Gasteiger partial charge in [0, 0.05) is 57.4 Å². The van der Waals surface area contributed by atoms with Crippen molar-refractivity contribution in [1.82, 2.24) is 10.2 Å². The van der Waals surface area contributed by atoms with Crippen molar-refractivity contribution < 1.29 is 9.59 Å². The average Bonchev–Trinajstić information content (AvgIpc) is 2.57. The van der Waals surface area contributed by atoms with Crippen molar-refractivity contribution in [1.29, 1.82) is 0 Å². The van der Waals surface area contributed by atoms with Crippen molar-refractivity contribution in [2.24, 2.45) is 0 Å². The number of benzene rings is 1. The molecule has 0 heterocycles. The maximum Gasteiger partial charge on any atom is 0.223 e. The highest BCUT2D eigenvalue weighted by Gasteiger charge is 2.16. The second kappa shape index (κ2) is 10.8. The Hall–Kier alpha value is -2.08. The second-order valence-electron chi connectivity index (χ2n) is 6.72. The third kappa shape index (κ3) is 6.67. The van der Waals surface area contributed by atoms with E-state index in [4.69, 9.17) is 0 Å². The van der Waals surface area contributed by atoms with Crippen LogP contribution in [-0.4, -0.2) is 63.5 Å². The predicted octanol–water partition coefficient (Wildman–Crippen LogP) is 2.26. The molecule has 0 saturated carbocycles. The molecule has 146 valence electrons. The maximum absolute atomic E-state index is 12.1. The molecule has 6 nitrogen and oxygen atoms in total. The van der Waals surface area contributed by atoms with Gasteiger partial charge in [0.25, 0.3) is 0 Å². The van der Waals surface area contributed by atoms with E-state index in [2.05, 4.69) is 30.1 Å². The molecule has 0 spiro atoms. The molecule has 0 unspecified atom stereocenters. The molecule has 2 amide bonds. The van der Waals surface area contributed by atoms with E-state index in [1.165, 1.54) is 0 Å². The monoisotopic (exact) mass is 362 g/mol.